The zero-order valence-electron chi connectivity index (χ0n) is 9.24. The van der Waals surface area contributed by atoms with E-state index in [9.17, 15) is 0 Å². The minimum atomic E-state index is 0.771. The highest BCUT2D eigenvalue weighted by molar-refractivity contribution is 5.48. The predicted octanol–water partition coefficient (Wildman–Crippen LogP) is 2.51. The maximum atomic E-state index is 5.68. The van der Waals surface area contributed by atoms with Crippen molar-refractivity contribution in [2.45, 2.75) is 26.2 Å². The third kappa shape index (κ3) is 2.85. The van der Waals surface area contributed by atoms with E-state index in [0.717, 1.165) is 29.9 Å². The third-order valence-corrected chi connectivity index (χ3v) is 3.16. The van der Waals surface area contributed by atoms with Gasteiger partial charge in [-0.1, -0.05) is 13.3 Å². The van der Waals surface area contributed by atoms with E-state index in [-0.39, 0.29) is 0 Å². The van der Waals surface area contributed by atoms with Gasteiger partial charge in [-0.05, 0) is 30.7 Å². The van der Waals surface area contributed by atoms with Crippen LogP contribution in [0.25, 0.3) is 0 Å². The number of nitrogens with zero attached hydrogens (tertiary/aromatic N) is 1. The average molecular weight is 205 g/mol. The molecular weight excluding hydrogens is 186 g/mol. The van der Waals surface area contributed by atoms with Crippen molar-refractivity contribution in [2.75, 3.05) is 17.6 Å². The van der Waals surface area contributed by atoms with Crippen molar-refractivity contribution in [1.29, 1.82) is 0 Å². The van der Waals surface area contributed by atoms with Crippen LogP contribution in [0.15, 0.2) is 18.3 Å². The van der Waals surface area contributed by atoms with E-state index in [1.165, 1.54) is 19.3 Å². The zero-order chi connectivity index (χ0) is 10.7. The summed E-state index contributed by atoms with van der Waals surface area (Å²) in [5.74, 6) is 2.60. The van der Waals surface area contributed by atoms with E-state index in [0.29, 0.717) is 0 Å². The van der Waals surface area contributed by atoms with Crippen LogP contribution in [-0.4, -0.2) is 11.5 Å². The van der Waals surface area contributed by atoms with Gasteiger partial charge >= 0.3 is 0 Å². The first-order valence-electron chi connectivity index (χ1n) is 5.69. The second-order valence-electron chi connectivity index (χ2n) is 4.64. The Morgan fingerprint density at radius 2 is 2.40 bits per heavy atom. The number of rotatable bonds is 3. The van der Waals surface area contributed by atoms with Gasteiger partial charge in [-0.3, -0.25) is 0 Å². The van der Waals surface area contributed by atoms with Crippen molar-refractivity contribution in [1.82, 2.24) is 4.98 Å². The van der Waals surface area contributed by atoms with Crippen molar-refractivity contribution < 1.29 is 0 Å². The fraction of sp³-hybridized carbons (Fsp3) is 0.583. The van der Waals surface area contributed by atoms with Gasteiger partial charge in [0, 0.05) is 24.5 Å². The lowest BCUT2D eigenvalue weighted by atomic mass is 10.1. The van der Waals surface area contributed by atoms with E-state index < -0.39 is 0 Å². The molecule has 2 rings (SSSR count). The molecule has 1 fully saturated rings. The van der Waals surface area contributed by atoms with Crippen LogP contribution in [0.2, 0.25) is 0 Å². The lowest BCUT2D eigenvalue weighted by molar-refractivity contribution is 0.536. The minimum absolute atomic E-state index is 0.771. The summed E-state index contributed by atoms with van der Waals surface area (Å²) in [6.45, 7) is 3.36. The topological polar surface area (TPSA) is 50.9 Å². The molecule has 0 spiro atoms. The molecule has 1 aromatic heterocycles. The normalized spacial score (nSPS) is 25.4. The zero-order valence-corrected chi connectivity index (χ0v) is 9.24. The van der Waals surface area contributed by atoms with Crippen LogP contribution in [0.3, 0.4) is 0 Å². The smallest absolute Gasteiger partial charge is 0.127 e. The lowest BCUT2D eigenvalue weighted by Gasteiger charge is -2.11. The molecule has 0 saturated heterocycles. The number of nitrogens with one attached hydrogen (secondary N) is 1. The number of hydrogen-bond donors (Lipinski definition) is 2. The van der Waals surface area contributed by atoms with Crippen LogP contribution in [0.4, 0.5) is 11.5 Å². The largest absolute Gasteiger partial charge is 0.399 e. The summed E-state index contributed by atoms with van der Waals surface area (Å²) >= 11 is 0. The molecular formula is C12H19N3. The Bertz CT molecular complexity index is 324. The molecule has 3 heteroatoms. The fourth-order valence-corrected chi connectivity index (χ4v) is 2.30. The van der Waals surface area contributed by atoms with E-state index >= 15 is 0 Å². The third-order valence-electron chi connectivity index (χ3n) is 3.16. The highest BCUT2D eigenvalue weighted by Gasteiger charge is 2.20. The Kier molecular flexibility index (Phi) is 3.09. The molecule has 15 heavy (non-hydrogen) atoms. The Hall–Kier alpha value is -1.25. The second-order valence-corrected chi connectivity index (χ2v) is 4.64. The van der Waals surface area contributed by atoms with Gasteiger partial charge in [0.05, 0.1) is 0 Å². The number of pyridine rings is 1. The Morgan fingerprint density at radius 3 is 3.07 bits per heavy atom. The fourth-order valence-electron chi connectivity index (χ4n) is 2.30. The summed E-state index contributed by atoms with van der Waals surface area (Å²) in [6.07, 6.45) is 5.80. The lowest BCUT2D eigenvalue weighted by Crippen LogP contribution is -2.12. The molecule has 0 radical (unpaired) electrons. The minimum Gasteiger partial charge on any atom is -0.399 e. The highest BCUT2D eigenvalue weighted by atomic mass is 15.0. The Balaban J connectivity index is 1.83. The van der Waals surface area contributed by atoms with Gasteiger partial charge in [0.1, 0.15) is 5.82 Å². The molecule has 0 aliphatic heterocycles. The number of aromatic nitrogens is 1. The Labute approximate surface area is 91.1 Å². The van der Waals surface area contributed by atoms with Crippen LogP contribution >= 0.6 is 0 Å². The second kappa shape index (κ2) is 4.51. The molecule has 2 unspecified atom stereocenters. The predicted molar refractivity (Wildman–Crippen MR) is 63.6 cm³/mol. The summed E-state index contributed by atoms with van der Waals surface area (Å²) < 4.78 is 0. The molecule has 3 nitrogen and oxygen atoms in total. The summed E-state index contributed by atoms with van der Waals surface area (Å²) in [5, 5.41) is 3.36. The van der Waals surface area contributed by atoms with E-state index in [4.69, 9.17) is 5.73 Å². The molecule has 1 aromatic rings. The molecule has 0 bridgehead atoms. The Morgan fingerprint density at radius 1 is 1.53 bits per heavy atom. The maximum Gasteiger partial charge on any atom is 0.127 e. The van der Waals surface area contributed by atoms with Crippen molar-refractivity contribution in [3.8, 4) is 0 Å². The van der Waals surface area contributed by atoms with Crippen molar-refractivity contribution in [3.05, 3.63) is 18.3 Å². The summed E-state index contributed by atoms with van der Waals surface area (Å²) in [5.41, 5.74) is 6.46. The molecule has 2 atom stereocenters. The van der Waals surface area contributed by atoms with Crippen LogP contribution in [0.1, 0.15) is 26.2 Å². The van der Waals surface area contributed by atoms with Gasteiger partial charge in [0.25, 0.3) is 0 Å². The van der Waals surface area contributed by atoms with Gasteiger partial charge in [-0.25, -0.2) is 4.98 Å². The molecule has 0 amide bonds. The standard InChI is InChI=1S/C12H19N3/c1-9-2-3-10(6-9)8-15-12-7-11(13)4-5-14-12/h4-5,7,9-10H,2-3,6,8H2,1H3,(H3,13,14,15). The number of nitrogens with two attached hydrogens (primary N) is 1. The van der Waals surface area contributed by atoms with Gasteiger partial charge in [0.15, 0.2) is 0 Å². The first kappa shape index (κ1) is 10.3. The molecule has 82 valence electrons. The molecule has 0 aromatic carbocycles. The SMILES string of the molecule is CC1CCC(CNc2cc(N)ccn2)C1. The molecule has 1 heterocycles. The van der Waals surface area contributed by atoms with Crippen LogP contribution in [0, 0.1) is 11.8 Å². The average Bonchev–Trinajstić information content (AvgIpc) is 2.62. The molecule has 1 aliphatic carbocycles. The van der Waals surface area contributed by atoms with Crippen LogP contribution < -0.4 is 11.1 Å². The van der Waals surface area contributed by atoms with Crippen LogP contribution in [-0.2, 0) is 0 Å². The summed E-state index contributed by atoms with van der Waals surface area (Å²) in [6, 6.07) is 3.70. The van der Waals surface area contributed by atoms with Crippen molar-refractivity contribution in [3.63, 3.8) is 0 Å². The van der Waals surface area contributed by atoms with E-state index in [1.54, 1.807) is 6.20 Å². The molecule has 1 aliphatic rings. The van der Waals surface area contributed by atoms with Gasteiger partial charge in [-0.15, -0.1) is 0 Å². The van der Waals surface area contributed by atoms with Gasteiger partial charge in [-0.2, -0.15) is 0 Å². The first-order valence-corrected chi connectivity index (χ1v) is 5.69. The van der Waals surface area contributed by atoms with Gasteiger partial charge < -0.3 is 11.1 Å². The highest BCUT2D eigenvalue weighted by Crippen LogP contribution is 2.30. The monoisotopic (exact) mass is 205 g/mol. The number of nitrogen functional groups attached to an aromatic ring is 1. The number of anilines is 2. The molecule has 3 N–H and O–H groups in total. The quantitative estimate of drug-likeness (QED) is 0.797. The van der Waals surface area contributed by atoms with Crippen LogP contribution in [0.5, 0.6) is 0 Å². The molecule has 1 saturated carbocycles. The maximum absolute atomic E-state index is 5.68. The summed E-state index contributed by atoms with van der Waals surface area (Å²) in [4.78, 5) is 4.23. The number of hydrogen-bond acceptors (Lipinski definition) is 3. The van der Waals surface area contributed by atoms with Crippen molar-refractivity contribution in [2.24, 2.45) is 11.8 Å². The summed E-state index contributed by atoms with van der Waals surface area (Å²) in [7, 11) is 0. The van der Waals surface area contributed by atoms with Gasteiger partial charge in [0.2, 0.25) is 0 Å². The van der Waals surface area contributed by atoms with E-state index in [1.807, 2.05) is 12.1 Å². The first-order chi connectivity index (χ1) is 7.24. The van der Waals surface area contributed by atoms with Crippen molar-refractivity contribution >= 4 is 11.5 Å². The van der Waals surface area contributed by atoms with E-state index in [2.05, 4.69) is 17.2 Å².